The molecule has 1 fully saturated rings. The number of aromatic hydroxyl groups is 1. The minimum Gasteiger partial charge on any atom is -0.502 e. The molecule has 140 valence electrons. The molecule has 2 N–H and O–H groups in total. The van der Waals surface area contributed by atoms with Gasteiger partial charge in [-0.25, -0.2) is 0 Å². The first-order valence-electron chi connectivity index (χ1n) is 8.16. The van der Waals surface area contributed by atoms with Crippen LogP contribution in [0.3, 0.4) is 0 Å². The van der Waals surface area contributed by atoms with E-state index in [2.05, 4.69) is 5.32 Å². The van der Waals surface area contributed by atoms with Crippen molar-refractivity contribution in [3.8, 4) is 5.75 Å². The molecule has 8 heteroatoms. The first-order chi connectivity index (χ1) is 11.9. The molecule has 0 aliphatic carbocycles. The van der Waals surface area contributed by atoms with Gasteiger partial charge in [0.05, 0.1) is 6.54 Å². The van der Waals surface area contributed by atoms with Crippen molar-refractivity contribution in [1.29, 1.82) is 0 Å². The lowest BCUT2D eigenvalue weighted by Crippen LogP contribution is -2.41. The van der Waals surface area contributed by atoms with Gasteiger partial charge < -0.3 is 24.3 Å². The van der Waals surface area contributed by atoms with Crippen molar-refractivity contribution in [3.05, 3.63) is 27.8 Å². The third-order valence-corrected chi connectivity index (χ3v) is 5.45. The van der Waals surface area contributed by atoms with Crippen LogP contribution in [0.2, 0.25) is 0 Å². The Bertz CT molecular complexity index is 649. The van der Waals surface area contributed by atoms with Gasteiger partial charge in [0, 0.05) is 32.1 Å². The summed E-state index contributed by atoms with van der Waals surface area (Å²) in [6, 6.07) is 1.26. The van der Waals surface area contributed by atoms with E-state index in [4.69, 9.17) is 13.9 Å². The molecule has 25 heavy (non-hydrogen) atoms. The minimum absolute atomic E-state index is 0.133. The van der Waals surface area contributed by atoms with Crippen molar-refractivity contribution >= 4 is 17.7 Å². The van der Waals surface area contributed by atoms with Crippen molar-refractivity contribution in [3.63, 3.8) is 0 Å². The summed E-state index contributed by atoms with van der Waals surface area (Å²) in [6.07, 6.45) is 0.923. The third-order valence-electron chi connectivity index (χ3n) is 4.47. The van der Waals surface area contributed by atoms with Crippen molar-refractivity contribution in [2.45, 2.75) is 37.9 Å². The Kier molecular flexibility index (Phi) is 6.92. The number of rotatable bonds is 7. The maximum Gasteiger partial charge on any atom is 0.227 e. The Balaban J connectivity index is 2.24. The number of methoxy groups -OCH3 is 2. The zero-order valence-corrected chi connectivity index (χ0v) is 15.6. The summed E-state index contributed by atoms with van der Waals surface area (Å²) in [5.41, 5.74) is -1.16. The average Bonchev–Trinajstić information content (AvgIpc) is 2.59. The fourth-order valence-electron chi connectivity index (χ4n) is 3.04. The Morgan fingerprint density at radius 3 is 2.64 bits per heavy atom. The van der Waals surface area contributed by atoms with Crippen molar-refractivity contribution in [1.82, 2.24) is 5.32 Å². The zero-order chi connectivity index (χ0) is 18.4. The number of hydrogen-bond acceptors (Lipinski definition) is 7. The normalized spacial score (nSPS) is 16.8. The zero-order valence-electron chi connectivity index (χ0n) is 14.8. The molecule has 0 aromatic carbocycles. The predicted molar refractivity (Wildman–Crippen MR) is 95.0 cm³/mol. The quantitative estimate of drug-likeness (QED) is 0.702. The smallest absolute Gasteiger partial charge is 0.227 e. The average molecular weight is 371 g/mol. The summed E-state index contributed by atoms with van der Waals surface area (Å²) >= 11 is 1.79. The molecule has 0 saturated carbocycles. The standard InChI is InChI=1S/C17H25NO6S/c1-11-8-12(19)15(21)16(24-11)17(4-6-25-7-5-17)9-13(20)18-10-14(22-2)23-3/h8,14,21H,4-7,9-10H2,1-3H3,(H,18,20). The van der Waals surface area contributed by atoms with Crippen LogP contribution in [0.15, 0.2) is 15.3 Å². The second kappa shape index (κ2) is 8.73. The molecule has 7 nitrogen and oxygen atoms in total. The summed E-state index contributed by atoms with van der Waals surface area (Å²) in [5, 5.41) is 13.0. The van der Waals surface area contributed by atoms with E-state index in [0.717, 1.165) is 11.5 Å². The molecular formula is C17H25NO6S. The Morgan fingerprint density at radius 1 is 1.40 bits per heavy atom. The van der Waals surface area contributed by atoms with E-state index in [1.807, 2.05) is 0 Å². The van der Waals surface area contributed by atoms with Crippen LogP contribution in [-0.2, 0) is 19.7 Å². The lowest BCUT2D eigenvalue weighted by atomic mass is 9.75. The summed E-state index contributed by atoms with van der Waals surface area (Å²) in [5.74, 6) is 1.73. The fourth-order valence-corrected chi connectivity index (χ4v) is 4.31. The maximum atomic E-state index is 12.5. The molecule has 0 bridgehead atoms. The van der Waals surface area contributed by atoms with Crippen molar-refractivity contribution in [2.75, 3.05) is 32.3 Å². The first kappa shape index (κ1) is 19.8. The summed E-state index contributed by atoms with van der Waals surface area (Å²) < 4.78 is 15.8. The van der Waals surface area contributed by atoms with E-state index in [1.54, 1.807) is 18.7 Å². The van der Waals surface area contributed by atoms with E-state index < -0.39 is 22.9 Å². The molecule has 1 saturated heterocycles. The lowest BCUT2D eigenvalue weighted by Gasteiger charge is -2.35. The summed E-state index contributed by atoms with van der Waals surface area (Å²) in [4.78, 5) is 24.5. The van der Waals surface area contributed by atoms with Crippen LogP contribution >= 0.6 is 11.8 Å². The van der Waals surface area contributed by atoms with E-state index >= 15 is 0 Å². The number of carbonyl (C=O) groups excluding carboxylic acids is 1. The Hall–Kier alpha value is -1.51. The highest BCUT2D eigenvalue weighted by Gasteiger charge is 2.41. The molecule has 1 amide bonds. The number of hydrogen-bond donors (Lipinski definition) is 2. The van der Waals surface area contributed by atoms with Gasteiger partial charge in [0.15, 0.2) is 12.1 Å². The monoisotopic (exact) mass is 371 g/mol. The number of nitrogens with one attached hydrogen (secondary N) is 1. The number of amides is 1. The van der Waals surface area contributed by atoms with Crippen molar-refractivity contribution < 1.29 is 23.8 Å². The topological polar surface area (TPSA) is 98.0 Å². The Morgan fingerprint density at radius 2 is 2.04 bits per heavy atom. The van der Waals surface area contributed by atoms with Gasteiger partial charge in [-0.15, -0.1) is 0 Å². The molecule has 0 radical (unpaired) electrons. The predicted octanol–water partition coefficient (Wildman–Crippen LogP) is 1.54. The Labute approximate surface area is 151 Å². The van der Waals surface area contributed by atoms with Crippen molar-refractivity contribution in [2.24, 2.45) is 0 Å². The molecule has 2 heterocycles. The SMILES string of the molecule is COC(CNC(=O)CC1(c2oc(C)cc(=O)c2O)CCSCC1)OC. The summed E-state index contributed by atoms with van der Waals surface area (Å²) in [7, 11) is 3.00. The van der Waals surface area contributed by atoms with Gasteiger partial charge in [-0.3, -0.25) is 9.59 Å². The van der Waals surface area contributed by atoms with Gasteiger partial charge >= 0.3 is 0 Å². The number of carbonyl (C=O) groups is 1. The van der Waals surface area contributed by atoms with Crippen LogP contribution in [0.4, 0.5) is 0 Å². The van der Waals surface area contributed by atoms with E-state index in [-0.39, 0.29) is 24.6 Å². The van der Waals surface area contributed by atoms with Gasteiger partial charge in [0.1, 0.15) is 5.76 Å². The fraction of sp³-hybridized carbons (Fsp3) is 0.647. The largest absolute Gasteiger partial charge is 0.502 e. The second-order valence-corrected chi connectivity index (χ2v) is 7.40. The van der Waals surface area contributed by atoms with Gasteiger partial charge in [-0.1, -0.05) is 0 Å². The lowest BCUT2D eigenvalue weighted by molar-refractivity contribution is -0.128. The minimum atomic E-state index is -0.680. The number of thioether (sulfide) groups is 1. The van der Waals surface area contributed by atoms with Crippen LogP contribution in [0, 0.1) is 6.92 Å². The summed E-state index contributed by atoms with van der Waals surface area (Å²) in [6.45, 7) is 1.89. The third kappa shape index (κ3) is 4.77. The molecule has 0 unspecified atom stereocenters. The van der Waals surface area contributed by atoms with Crippen LogP contribution in [0.5, 0.6) is 5.75 Å². The second-order valence-electron chi connectivity index (χ2n) is 6.17. The van der Waals surface area contributed by atoms with Gasteiger partial charge in [0.25, 0.3) is 0 Å². The molecular weight excluding hydrogens is 346 g/mol. The van der Waals surface area contributed by atoms with Gasteiger partial charge in [0.2, 0.25) is 17.1 Å². The van der Waals surface area contributed by atoms with Gasteiger partial charge in [-0.2, -0.15) is 11.8 Å². The molecule has 2 rings (SSSR count). The van der Waals surface area contributed by atoms with Crippen LogP contribution in [0.1, 0.15) is 30.8 Å². The highest BCUT2D eigenvalue weighted by Crippen LogP contribution is 2.43. The number of aryl methyl sites for hydroxylation is 1. The molecule has 1 aliphatic rings. The van der Waals surface area contributed by atoms with Gasteiger partial charge in [-0.05, 0) is 31.3 Å². The molecule has 0 atom stereocenters. The molecule has 1 aromatic heterocycles. The van der Waals surface area contributed by atoms with E-state index in [1.165, 1.54) is 20.3 Å². The molecule has 1 aromatic rings. The maximum absolute atomic E-state index is 12.5. The van der Waals surface area contributed by atoms with E-state index in [9.17, 15) is 14.7 Å². The van der Waals surface area contributed by atoms with Crippen LogP contribution < -0.4 is 10.7 Å². The van der Waals surface area contributed by atoms with Crippen LogP contribution in [0.25, 0.3) is 0 Å². The first-order valence-corrected chi connectivity index (χ1v) is 9.31. The molecule has 1 aliphatic heterocycles. The highest BCUT2D eigenvalue weighted by atomic mass is 32.2. The number of ether oxygens (including phenoxy) is 2. The molecule has 0 spiro atoms. The van der Waals surface area contributed by atoms with E-state index in [0.29, 0.717) is 18.6 Å². The highest BCUT2D eigenvalue weighted by molar-refractivity contribution is 7.99. The van der Waals surface area contributed by atoms with Crippen LogP contribution in [-0.4, -0.2) is 49.6 Å².